The second-order valence-electron chi connectivity index (χ2n) is 7.73. The minimum absolute atomic E-state index is 0.0144. The molecule has 0 unspecified atom stereocenters. The average molecular weight is 394 g/mol. The van der Waals surface area contributed by atoms with E-state index in [-0.39, 0.29) is 36.9 Å². The summed E-state index contributed by atoms with van der Waals surface area (Å²) in [6.45, 7) is 1.45. The van der Waals surface area contributed by atoms with Gasteiger partial charge in [-0.25, -0.2) is 4.68 Å². The number of rotatable bonds is 3. The van der Waals surface area contributed by atoms with Crippen molar-refractivity contribution in [3.8, 4) is 11.3 Å². The van der Waals surface area contributed by atoms with E-state index in [9.17, 15) is 18.0 Å². The number of hydrogen-bond acceptors (Lipinski definition) is 5. The number of carbonyl (C=O) groups excluding carboxylic acids is 1. The molecule has 2 atom stereocenters. The third-order valence-corrected chi connectivity index (χ3v) is 5.72. The standard InChI is InChI=1S/C18H21F3N6O/c1-10-2-13(18(19,20)21)8-26(10)17(28)11-4-15(5-11)27-9-16(24-25-27)12-3-14(22)7-23-6-12/h3,6-7,9-11,13,15H,2,4-5,8,22H2,1H3/t10-,11?,13+,15?/m1/s1. The second kappa shape index (κ2) is 6.75. The number of nitrogens with zero attached hydrogens (tertiary/aromatic N) is 5. The van der Waals surface area contributed by atoms with Crippen molar-refractivity contribution in [1.82, 2.24) is 24.9 Å². The van der Waals surface area contributed by atoms with Gasteiger partial charge in [0.05, 0.1) is 23.8 Å². The van der Waals surface area contributed by atoms with Gasteiger partial charge in [-0.1, -0.05) is 5.21 Å². The fraction of sp³-hybridized carbons (Fsp3) is 0.556. The molecular weight excluding hydrogens is 373 g/mol. The van der Waals surface area contributed by atoms with Crippen molar-refractivity contribution in [3.63, 3.8) is 0 Å². The minimum Gasteiger partial charge on any atom is -0.397 e. The highest BCUT2D eigenvalue weighted by Crippen LogP contribution is 2.42. The molecule has 2 aliphatic rings. The van der Waals surface area contributed by atoms with Crippen molar-refractivity contribution in [1.29, 1.82) is 0 Å². The van der Waals surface area contributed by atoms with E-state index in [2.05, 4.69) is 15.3 Å². The van der Waals surface area contributed by atoms with Crippen molar-refractivity contribution < 1.29 is 18.0 Å². The van der Waals surface area contributed by atoms with Crippen LogP contribution in [0, 0.1) is 11.8 Å². The number of nitrogens with two attached hydrogens (primary N) is 1. The lowest BCUT2D eigenvalue weighted by Crippen LogP contribution is -2.44. The molecule has 0 radical (unpaired) electrons. The van der Waals surface area contributed by atoms with Crippen LogP contribution in [0.2, 0.25) is 0 Å². The van der Waals surface area contributed by atoms with Gasteiger partial charge < -0.3 is 10.6 Å². The molecule has 10 heteroatoms. The molecule has 2 N–H and O–H groups in total. The van der Waals surface area contributed by atoms with Gasteiger partial charge >= 0.3 is 6.18 Å². The van der Waals surface area contributed by atoms with Crippen LogP contribution in [0.5, 0.6) is 0 Å². The number of hydrogen-bond donors (Lipinski definition) is 1. The second-order valence-corrected chi connectivity index (χ2v) is 7.73. The van der Waals surface area contributed by atoms with Gasteiger partial charge in [-0.05, 0) is 32.3 Å². The van der Waals surface area contributed by atoms with E-state index in [0.717, 1.165) is 5.56 Å². The Kier molecular flexibility index (Phi) is 4.51. The van der Waals surface area contributed by atoms with Crippen LogP contribution in [-0.4, -0.2) is 49.5 Å². The zero-order chi connectivity index (χ0) is 20.1. The van der Waals surface area contributed by atoms with Crippen LogP contribution in [0.3, 0.4) is 0 Å². The van der Waals surface area contributed by atoms with Crippen LogP contribution in [0.15, 0.2) is 24.7 Å². The topological polar surface area (TPSA) is 89.9 Å². The number of anilines is 1. The Morgan fingerprint density at radius 2 is 2.00 bits per heavy atom. The summed E-state index contributed by atoms with van der Waals surface area (Å²) in [5.74, 6) is -1.87. The Labute approximate surface area is 159 Å². The number of aromatic nitrogens is 4. The molecule has 4 rings (SSSR count). The SMILES string of the molecule is C[C@@H]1C[C@H](C(F)(F)F)CN1C(=O)C1CC(n2cc(-c3cncc(N)c3)nn2)C1. The van der Waals surface area contributed by atoms with Crippen LogP contribution in [0.1, 0.15) is 32.2 Å². The summed E-state index contributed by atoms with van der Waals surface area (Å²) in [5, 5.41) is 8.24. The average Bonchev–Trinajstić information content (AvgIpc) is 3.20. The maximum absolute atomic E-state index is 12.9. The molecule has 2 aromatic rings. The first-order chi connectivity index (χ1) is 13.2. The van der Waals surface area contributed by atoms with Crippen LogP contribution in [0.4, 0.5) is 18.9 Å². The van der Waals surface area contributed by atoms with Crippen molar-refractivity contribution in [2.75, 3.05) is 12.3 Å². The molecule has 0 bridgehead atoms. The predicted molar refractivity (Wildman–Crippen MR) is 94.8 cm³/mol. The number of likely N-dealkylation sites (tertiary alicyclic amines) is 1. The van der Waals surface area contributed by atoms with Gasteiger partial charge in [0.1, 0.15) is 5.69 Å². The summed E-state index contributed by atoms with van der Waals surface area (Å²) in [7, 11) is 0. The van der Waals surface area contributed by atoms with E-state index in [4.69, 9.17) is 5.73 Å². The number of carbonyl (C=O) groups is 1. The zero-order valence-corrected chi connectivity index (χ0v) is 15.3. The first kappa shape index (κ1) is 18.7. The highest BCUT2D eigenvalue weighted by molar-refractivity contribution is 5.80. The van der Waals surface area contributed by atoms with E-state index in [1.807, 2.05) is 0 Å². The molecule has 7 nitrogen and oxygen atoms in total. The van der Waals surface area contributed by atoms with Gasteiger partial charge in [0.15, 0.2) is 0 Å². The Morgan fingerprint density at radius 1 is 1.25 bits per heavy atom. The van der Waals surface area contributed by atoms with Crippen LogP contribution in [0.25, 0.3) is 11.3 Å². The molecule has 2 aromatic heterocycles. The molecular formula is C18H21F3N6O. The lowest BCUT2D eigenvalue weighted by Gasteiger charge is -2.37. The first-order valence-electron chi connectivity index (χ1n) is 9.22. The normalized spacial score (nSPS) is 27.6. The van der Waals surface area contributed by atoms with E-state index in [0.29, 0.717) is 24.2 Å². The molecule has 1 aliphatic heterocycles. The molecule has 0 aromatic carbocycles. The van der Waals surface area contributed by atoms with Crippen molar-refractivity contribution in [2.45, 2.75) is 44.4 Å². The molecule has 0 spiro atoms. The highest BCUT2D eigenvalue weighted by Gasteiger charge is 2.49. The number of pyridine rings is 1. The number of halogens is 3. The summed E-state index contributed by atoms with van der Waals surface area (Å²) in [4.78, 5) is 18.1. The molecule has 2 fully saturated rings. The highest BCUT2D eigenvalue weighted by atomic mass is 19.4. The summed E-state index contributed by atoms with van der Waals surface area (Å²) in [6, 6.07) is 1.38. The Bertz CT molecular complexity index is 876. The molecule has 1 saturated heterocycles. The predicted octanol–water partition coefficient (Wildman–Crippen LogP) is 2.67. The van der Waals surface area contributed by atoms with Crippen LogP contribution >= 0.6 is 0 Å². The lowest BCUT2D eigenvalue weighted by molar-refractivity contribution is -0.171. The quantitative estimate of drug-likeness (QED) is 0.865. The van der Waals surface area contributed by atoms with Crippen molar-refractivity contribution in [2.24, 2.45) is 11.8 Å². The molecule has 1 saturated carbocycles. The fourth-order valence-electron chi connectivity index (χ4n) is 4.00. The van der Waals surface area contributed by atoms with Crippen molar-refractivity contribution >= 4 is 11.6 Å². The van der Waals surface area contributed by atoms with Gasteiger partial charge in [0, 0.05) is 36.5 Å². The smallest absolute Gasteiger partial charge is 0.393 e. The van der Waals surface area contributed by atoms with Crippen molar-refractivity contribution in [3.05, 3.63) is 24.7 Å². The summed E-state index contributed by atoms with van der Waals surface area (Å²) in [5.41, 5.74) is 7.64. The fourth-order valence-corrected chi connectivity index (χ4v) is 4.00. The molecule has 150 valence electrons. The van der Waals surface area contributed by atoms with Gasteiger partial charge in [-0.2, -0.15) is 13.2 Å². The summed E-state index contributed by atoms with van der Waals surface area (Å²) in [6.07, 6.45) is 1.79. The van der Waals surface area contributed by atoms with E-state index >= 15 is 0 Å². The number of amides is 1. The Morgan fingerprint density at radius 3 is 2.64 bits per heavy atom. The largest absolute Gasteiger partial charge is 0.397 e. The van der Waals surface area contributed by atoms with E-state index < -0.39 is 12.1 Å². The van der Waals surface area contributed by atoms with Gasteiger partial charge in [0.25, 0.3) is 0 Å². The number of nitrogen functional groups attached to an aromatic ring is 1. The van der Waals surface area contributed by atoms with Gasteiger partial charge in [0.2, 0.25) is 5.91 Å². The Balaban J connectivity index is 1.37. The maximum atomic E-state index is 12.9. The monoisotopic (exact) mass is 394 g/mol. The van der Waals surface area contributed by atoms with Gasteiger partial charge in [-0.3, -0.25) is 9.78 Å². The summed E-state index contributed by atoms with van der Waals surface area (Å²) < 4.78 is 40.6. The molecule has 1 aliphatic carbocycles. The molecule has 28 heavy (non-hydrogen) atoms. The minimum atomic E-state index is -4.25. The molecule has 3 heterocycles. The maximum Gasteiger partial charge on any atom is 0.393 e. The van der Waals surface area contributed by atoms with Crippen LogP contribution in [-0.2, 0) is 4.79 Å². The van der Waals surface area contributed by atoms with E-state index in [1.165, 1.54) is 4.90 Å². The first-order valence-corrected chi connectivity index (χ1v) is 9.22. The third kappa shape index (κ3) is 3.43. The third-order valence-electron chi connectivity index (χ3n) is 5.72. The zero-order valence-electron chi connectivity index (χ0n) is 15.3. The Hall–Kier alpha value is -2.65. The number of alkyl halides is 3. The van der Waals surface area contributed by atoms with Gasteiger partial charge in [-0.15, -0.1) is 5.10 Å². The van der Waals surface area contributed by atoms with Crippen LogP contribution < -0.4 is 5.73 Å². The van der Waals surface area contributed by atoms with E-state index in [1.54, 1.807) is 36.3 Å². The summed E-state index contributed by atoms with van der Waals surface area (Å²) >= 11 is 0. The molecule has 1 amide bonds. The lowest BCUT2D eigenvalue weighted by atomic mass is 9.79.